The molecule has 1 heterocycles. The van der Waals surface area contributed by atoms with Gasteiger partial charge < -0.3 is 4.74 Å². The molecule has 0 radical (unpaired) electrons. The van der Waals surface area contributed by atoms with Crippen LogP contribution in [0.4, 0.5) is 5.13 Å². The quantitative estimate of drug-likeness (QED) is 0.829. The van der Waals surface area contributed by atoms with Gasteiger partial charge in [-0.05, 0) is 12.1 Å². The first-order valence-electron chi connectivity index (χ1n) is 5.57. The lowest BCUT2D eigenvalue weighted by Gasteiger charge is -1.98. The van der Waals surface area contributed by atoms with Crippen LogP contribution >= 0.6 is 23.1 Å². The average molecular weight is 295 g/mol. The third-order valence-corrected chi connectivity index (χ3v) is 4.14. The van der Waals surface area contributed by atoms with E-state index in [2.05, 4.69) is 15.5 Å². The molecule has 0 aliphatic carbocycles. The number of hydrogen-bond donors (Lipinski definition) is 1. The van der Waals surface area contributed by atoms with Gasteiger partial charge >= 0.3 is 0 Å². The fourth-order valence-electron chi connectivity index (χ4n) is 1.31. The van der Waals surface area contributed by atoms with Gasteiger partial charge in [0, 0.05) is 12.0 Å². The van der Waals surface area contributed by atoms with Gasteiger partial charge in [0.2, 0.25) is 5.13 Å². The Morgan fingerprint density at radius 1 is 1.37 bits per heavy atom. The lowest BCUT2D eigenvalue weighted by molar-refractivity contribution is -0.119. The third-order valence-electron chi connectivity index (χ3n) is 2.09. The van der Waals surface area contributed by atoms with Gasteiger partial charge in [-0.25, -0.2) is 0 Å². The smallest absolute Gasteiger partial charge is 0.252 e. The van der Waals surface area contributed by atoms with Crippen molar-refractivity contribution in [3.05, 3.63) is 35.3 Å². The van der Waals surface area contributed by atoms with E-state index in [1.165, 1.54) is 23.3 Å². The fourth-order valence-corrected chi connectivity index (χ4v) is 2.97. The number of carbonyl (C=O) groups is 1. The minimum absolute atomic E-state index is 0.0215. The average Bonchev–Trinajstić information content (AvgIpc) is 2.85. The van der Waals surface area contributed by atoms with Gasteiger partial charge in [0.1, 0.15) is 11.6 Å². The maximum atomic E-state index is 11.3. The van der Waals surface area contributed by atoms with Gasteiger partial charge in [-0.3, -0.25) is 10.1 Å². The van der Waals surface area contributed by atoms with Crippen LogP contribution in [0.15, 0.2) is 35.2 Å². The van der Waals surface area contributed by atoms with Crippen LogP contribution in [0, 0.1) is 0 Å². The molecule has 19 heavy (non-hydrogen) atoms. The van der Waals surface area contributed by atoms with E-state index in [0.29, 0.717) is 5.13 Å². The molecular weight excluding hydrogens is 282 g/mol. The van der Waals surface area contributed by atoms with Gasteiger partial charge in [-0.2, -0.15) is 0 Å². The Bertz CT molecular complexity index is 531. The first-order valence-corrected chi connectivity index (χ1v) is 7.37. The highest BCUT2D eigenvalue weighted by molar-refractivity contribution is 7.98. The summed E-state index contributed by atoms with van der Waals surface area (Å²) in [5, 5.41) is 12.0. The number of carbonyl (C=O) groups excluding carboxylic acids is 1. The summed E-state index contributed by atoms with van der Waals surface area (Å²) in [6.45, 7) is 0.0215. The number of benzene rings is 1. The van der Waals surface area contributed by atoms with Crippen molar-refractivity contribution in [2.75, 3.05) is 19.0 Å². The normalized spacial score (nSPS) is 10.4. The molecule has 0 saturated carbocycles. The third kappa shape index (κ3) is 4.62. The number of nitrogens with one attached hydrogen (secondary N) is 1. The molecule has 0 fully saturated rings. The van der Waals surface area contributed by atoms with Crippen LogP contribution in [0.25, 0.3) is 0 Å². The zero-order valence-corrected chi connectivity index (χ0v) is 12.0. The maximum Gasteiger partial charge on any atom is 0.252 e. The zero-order chi connectivity index (χ0) is 13.5. The van der Waals surface area contributed by atoms with Crippen molar-refractivity contribution >= 4 is 34.1 Å². The molecule has 5 nitrogen and oxygen atoms in total. The first-order chi connectivity index (χ1) is 9.28. The number of thioether (sulfide) groups is 1. The molecule has 1 aromatic carbocycles. The zero-order valence-electron chi connectivity index (χ0n) is 10.3. The van der Waals surface area contributed by atoms with Gasteiger partial charge in [-0.1, -0.05) is 29.5 Å². The molecule has 0 spiro atoms. The summed E-state index contributed by atoms with van der Waals surface area (Å²) in [6.07, 6.45) is 0. The van der Waals surface area contributed by atoms with Crippen molar-refractivity contribution < 1.29 is 9.53 Å². The highest BCUT2D eigenvalue weighted by Gasteiger charge is 2.08. The van der Waals surface area contributed by atoms with Crippen molar-refractivity contribution in [3.8, 4) is 0 Å². The van der Waals surface area contributed by atoms with E-state index in [1.54, 1.807) is 11.8 Å². The van der Waals surface area contributed by atoms with Crippen molar-refractivity contribution in [2.24, 2.45) is 0 Å². The number of methoxy groups -OCH3 is 1. The molecular formula is C12H13N3O2S2. The number of aromatic nitrogens is 2. The predicted molar refractivity (Wildman–Crippen MR) is 76.4 cm³/mol. The van der Waals surface area contributed by atoms with Crippen LogP contribution in [0.3, 0.4) is 0 Å². The summed E-state index contributed by atoms with van der Waals surface area (Å²) >= 11 is 3.06. The van der Waals surface area contributed by atoms with Crippen LogP contribution in [0.5, 0.6) is 0 Å². The minimum atomic E-state index is -0.221. The summed E-state index contributed by atoms with van der Waals surface area (Å²) < 4.78 is 4.73. The van der Waals surface area contributed by atoms with Crippen molar-refractivity contribution in [2.45, 2.75) is 10.6 Å². The number of anilines is 1. The van der Waals surface area contributed by atoms with E-state index in [0.717, 1.165) is 10.8 Å². The summed E-state index contributed by atoms with van der Waals surface area (Å²) in [6, 6.07) is 10.1. The molecule has 0 aliphatic heterocycles. The molecule has 0 atom stereocenters. The second-order valence-electron chi connectivity index (χ2n) is 3.58. The molecule has 0 bridgehead atoms. The lowest BCUT2D eigenvalue weighted by Crippen LogP contribution is -2.16. The molecule has 100 valence electrons. The van der Waals surface area contributed by atoms with Gasteiger partial charge in [-0.15, -0.1) is 22.0 Å². The van der Waals surface area contributed by atoms with Crippen LogP contribution in [-0.4, -0.2) is 29.8 Å². The van der Waals surface area contributed by atoms with Gasteiger partial charge in [0.15, 0.2) is 0 Å². The van der Waals surface area contributed by atoms with Gasteiger partial charge in [0.05, 0.1) is 5.75 Å². The number of ether oxygens (including phenoxy) is 1. The standard InChI is InChI=1S/C12H13N3O2S2/c1-17-7-10(16)13-12-15-14-11(19-12)8-18-9-5-3-2-4-6-9/h2-6H,7-8H2,1H3,(H,13,15,16). The van der Waals surface area contributed by atoms with E-state index in [1.807, 2.05) is 30.3 Å². The Balaban J connectivity index is 1.85. The summed E-state index contributed by atoms with van der Waals surface area (Å²) in [7, 11) is 1.47. The molecule has 1 amide bonds. The van der Waals surface area contributed by atoms with E-state index < -0.39 is 0 Å². The highest BCUT2D eigenvalue weighted by atomic mass is 32.2. The Morgan fingerprint density at radius 2 is 2.16 bits per heavy atom. The predicted octanol–water partition coefficient (Wildman–Crippen LogP) is 2.42. The van der Waals surface area contributed by atoms with Crippen molar-refractivity contribution in [3.63, 3.8) is 0 Å². The molecule has 7 heteroatoms. The van der Waals surface area contributed by atoms with E-state index in [-0.39, 0.29) is 12.5 Å². The van der Waals surface area contributed by atoms with E-state index >= 15 is 0 Å². The van der Waals surface area contributed by atoms with E-state index in [4.69, 9.17) is 4.74 Å². The number of nitrogens with zero attached hydrogens (tertiary/aromatic N) is 2. The molecule has 2 rings (SSSR count). The minimum Gasteiger partial charge on any atom is -0.375 e. The number of amides is 1. The topological polar surface area (TPSA) is 64.1 Å². The van der Waals surface area contributed by atoms with Crippen molar-refractivity contribution in [1.29, 1.82) is 0 Å². The van der Waals surface area contributed by atoms with Crippen molar-refractivity contribution in [1.82, 2.24) is 10.2 Å². The SMILES string of the molecule is COCC(=O)Nc1nnc(CSc2ccccc2)s1. The summed E-state index contributed by atoms with van der Waals surface area (Å²) in [4.78, 5) is 12.5. The largest absolute Gasteiger partial charge is 0.375 e. The van der Waals surface area contributed by atoms with Gasteiger partial charge in [0.25, 0.3) is 5.91 Å². The first kappa shape index (κ1) is 14.0. The Morgan fingerprint density at radius 3 is 2.89 bits per heavy atom. The molecule has 0 unspecified atom stereocenters. The number of hydrogen-bond acceptors (Lipinski definition) is 6. The second kappa shape index (κ2) is 7.22. The fraction of sp³-hybridized carbons (Fsp3) is 0.250. The molecule has 1 N–H and O–H groups in total. The molecule has 1 aromatic heterocycles. The lowest BCUT2D eigenvalue weighted by atomic mass is 10.4. The Hall–Kier alpha value is -1.44. The highest BCUT2D eigenvalue weighted by Crippen LogP contribution is 2.25. The van der Waals surface area contributed by atoms with Crippen LogP contribution in [0.1, 0.15) is 5.01 Å². The maximum absolute atomic E-state index is 11.3. The van der Waals surface area contributed by atoms with E-state index in [9.17, 15) is 4.79 Å². The number of rotatable bonds is 6. The Kier molecular flexibility index (Phi) is 5.31. The second-order valence-corrected chi connectivity index (χ2v) is 5.69. The summed E-state index contributed by atoms with van der Waals surface area (Å²) in [5.41, 5.74) is 0. The Labute approximate surface area is 119 Å². The molecule has 0 aliphatic rings. The van der Waals surface area contributed by atoms with Crippen LogP contribution in [-0.2, 0) is 15.3 Å². The molecule has 2 aromatic rings. The summed E-state index contributed by atoms with van der Waals surface area (Å²) in [5.74, 6) is 0.517. The molecule has 0 saturated heterocycles. The monoisotopic (exact) mass is 295 g/mol. The van der Waals surface area contributed by atoms with Crippen LogP contribution in [0.2, 0.25) is 0 Å². The van der Waals surface area contributed by atoms with Crippen LogP contribution < -0.4 is 5.32 Å².